The van der Waals surface area contributed by atoms with Gasteiger partial charge in [-0.25, -0.2) is 9.36 Å². The number of carbonyl (C=O) groups is 1. The number of carboxylic acids is 1. The Morgan fingerprint density at radius 1 is 1.06 bits per heavy atom. The number of phosphoric ester groups is 1. The van der Waals surface area contributed by atoms with Gasteiger partial charge in [0.05, 0.1) is 5.56 Å². The second kappa shape index (κ2) is 4.42. The molecule has 0 aliphatic carbocycles. The molecule has 2 aromatic rings. The SMILES string of the molecule is O=C(O)c1ccc2ccc(OP(=O)(O)O)cc2c1. The molecule has 0 unspecified atom stereocenters. The molecule has 0 bridgehead atoms. The van der Waals surface area contributed by atoms with Crippen LogP contribution in [-0.4, -0.2) is 20.9 Å². The van der Waals surface area contributed by atoms with Crippen molar-refractivity contribution in [3.8, 4) is 5.75 Å². The summed E-state index contributed by atoms with van der Waals surface area (Å²) in [5.41, 5.74) is 0.0934. The molecule has 0 amide bonds. The number of hydrogen-bond donors (Lipinski definition) is 3. The van der Waals surface area contributed by atoms with Crippen LogP contribution in [0.2, 0.25) is 0 Å². The highest BCUT2D eigenvalue weighted by Crippen LogP contribution is 2.38. The van der Waals surface area contributed by atoms with Crippen LogP contribution in [0.15, 0.2) is 36.4 Å². The van der Waals surface area contributed by atoms with Crippen molar-refractivity contribution in [1.82, 2.24) is 0 Å². The van der Waals surface area contributed by atoms with Gasteiger partial charge in [-0.15, -0.1) is 0 Å². The molecule has 94 valence electrons. The summed E-state index contributed by atoms with van der Waals surface area (Å²) in [4.78, 5) is 28.2. The molecule has 0 heterocycles. The molecular formula is C11H9O6P. The molecule has 0 radical (unpaired) electrons. The molecule has 6 nitrogen and oxygen atoms in total. The monoisotopic (exact) mass is 268 g/mol. The van der Waals surface area contributed by atoms with Crippen LogP contribution in [0.3, 0.4) is 0 Å². The lowest BCUT2D eigenvalue weighted by atomic mass is 10.1. The highest BCUT2D eigenvalue weighted by atomic mass is 31.2. The van der Waals surface area contributed by atoms with Gasteiger partial charge < -0.3 is 9.63 Å². The van der Waals surface area contributed by atoms with Crippen molar-refractivity contribution in [1.29, 1.82) is 0 Å². The summed E-state index contributed by atoms with van der Waals surface area (Å²) in [6, 6.07) is 8.84. The molecule has 0 aromatic heterocycles. The van der Waals surface area contributed by atoms with Crippen LogP contribution in [0.25, 0.3) is 10.8 Å². The smallest absolute Gasteiger partial charge is 0.478 e. The first-order valence-corrected chi connectivity index (χ1v) is 6.40. The molecule has 7 heteroatoms. The van der Waals surface area contributed by atoms with E-state index in [-0.39, 0.29) is 11.3 Å². The van der Waals surface area contributed by atoms with E-state index in [0.29, 0.717) is 5.39 Å². The van der Waals surface area contributed by atoms with Crippen LogP contribution < -0.4 is 4.52 Å². The predicted molar refractivity (Wildman–Crippen MR) is 63.6 cm³/mol. The van der Waals surface area contributed by atoms with E-state index in [9.17, 15) is 9.36 Å². The topological polar surface area (TPSA) is 104 Å². The molecule has 2 aromatic carbocycles. The van der Waals surface area contributed by atoms with E-state index in [2.05, 4.69) is 4.52 Å². The number of phosphoric acid groups is 1. The Hall–Kier alpha value is -1.88. The molecule has 3 N–H and O–H groups in total. The summed E-state index contributed by atoms with van der Waals surface area (Å²) in [6.07, 6.45) is 0. The molecule has 0 atom stereocenters. The van der Waals surface area contributed by atoms with Crippen molar-refractivity contribution < 1.29 is 28.8 Å². The fourth-order valence-corrected chi connectivity index (χ4v) is 1.94. The molecule has 0 aliphatic rings. The van der Waals surface area contributed by atoms with E-state index in [1.54, 1.807) is 12.1 Å². The molecular weight excluding hydrogens is 259 g/mol. The maximum Gasteiger partial charge on any atom is 0.524 e. The zero-order chi connectivity index (χ0) is 13.3. The number of aromatic carboxylic acids is 1. The lowest BCUT2D eigenvalue weighted by Crippen LogP contribution is -1.95. The summed E-state index contributed by atoms with van der Waals surface area (Å²) in [5, 5.41) is 10.1. The zero-order valence-corrected chi connectivity index (χ0v) is 9.87. The Morgan fingerprint density at radius 2 is 1.72 bits per heavy atom. The van der Waals surface area contributed by atoms with Crippen molar-refractivity contribution >= 4 is 24.6 Å². The van der Waals surface area contributed by atoms with Crippen LogP contribution >= 0.6 is 7.82 Å². The van der Waals surface area contributed by atoms with E-state index >= 15 is 0 Å². The number of fused-ring (bicyclic) bond motifs is 1. The Morgan fingerprint density at radius 3 is 2.33 bits per heavy atom. The summed E-state index contributed by atoms with van der Waals surface area (Å²) < 4.78 is 15.1. The summed E-state index contributed by atoms with van der Waals surface area (Å²) in [6.45, 7) is 0. The van der Waals surface area contributed by atoms with Crippen molar-refractivity contribution in [2.45, 2.75) is 0 Å². The summed E-state index contributed by atoms with van der Waals surface area (Å²) >= 11 is 0. The van der Waals surface area contributed by atoms with Crippen molar-refractivity contribution in [2.24, 2.45) is 0 Å². The first kappa shape index (κ1) is 12.6. The highest BCUT2D eigenvalue weighted by molar-refractivity contribution is 7.46. The number of rotatable bonds is 3. The number of carboxylic acid groups (broad SMARTS) is 1. The minimum atomic E-state index is -4.61. The Kier molecular flexibility index (Phi) is 3.09. The Bertz CT molecular complexity index is 660. The number of benzene rings is 2. The van der Waals surface area contributed by atoms with E-state index in [0.717, 1.165) is 5.39 Å². The fourth-order valence-electron chi connectivity index (χ4n) is 1.55. The zero-order valence-electron chi connectivity index (χ0n) is 8.98. The van der Waals surface area contributed by atoms with Crippen molar-refractivity contribution in [3.05, 3.63) is 42.0 Å². The van der Waals surface area contributed by atoms with Gasteiger partial charge in [0.15, 0.2) is 0 Å². The second-order valence-corrected chi connectivity index (χ2v) is 4.77. The van der Waals surface area contributed by atoms with Crippen LogP contribution in [0.4, 0.5) is 0 Å². The third-order valence-corrected chi connectivity index (χ3v) is 2.73. The van der Waals surface area contributed by atoms with Crippen LogP contribution in [0.5, 0.6) is 5.75 Å². The molecule has 0 fully saturated rings. The predicted octanol–water partition coefficient (Wildman–Crippen LogP) is 2.01. The maximum atomic E-state index is 10.8. The van der Waals surface area contributed by atoms with E-state index in [4.69, 9.17) is 14.9 Å². The Labute approximate surface area is 102 Å². The lowest BCUT2D eigenvalue weighted by Gasteiger charge is -2.07. The minimum Gasteiger partial charge on any atom is -0.478 e. The maximum absolute atomic E-state index is 10.8. The van der Waals surface area contributed by atoms with Gasteiger partial charge in [-0.3, -0.25) is 9.79 Å². The van der Waals surface area contributed by atoms with Crippen LogP contribution in [0, 0.1) is 0 Å². The summed E-state index contributed by atoms with van der Waals surface area (Å²) in [5.74, 6) is -1.09. The molecule has 0 spiro atoms. The first-order valence-electron chi connectivity index (χ1n) is 4.87. The van der Waals surface area contributed by atoms with E-state index in [1.807, 2.05) is 0 Å². The molecule has 2 rings (SSSR count). The minimum absolute atomic E-state index is 0.0154. The van der Waals surface area contributed by atoms with Gasteiger partial charge >= 0.3 is 13.8 Å². The quantitative estimate of drug-likeness (QED) is 0.735. The van der Waals surface area contributed by atoms with Crippen LogP contribution in [-0.2, 0) is 4.57 Å². The molecule has 0 saturated carbocycles. The molecule has 0 aliphatic heterocycles. The van der Waals surface area contributed by atoms with Crippen molar-refractivity contribution in [3.63, 3.8) is 0 Å². The average Bonchev–Trinajstić information content (AvgIpc) is 2.25. The van der Waals surface area contributed by atoms with Gasteiger partial charge in [0.25, 0.3) is 0 Å². The van der Waals surface area contributed by atoms with Gasteiger partial charge in [0.1, 0.15) is 5.75 Å². The first-order chi connectivity index (χ1) is 8.35. The van der Waals surface area contributed by atoms with Gasteiger partial charge in [0, 0.05) is 0 Å². The van der Waals surface area contributed by atoms with Gasteiger partial charge in [-0.1, -0.05) is 12.1 Å². The average molecular weight is 268 g/mol. The third-order valence-electron chi connectivity index (χ3n) is 2.28. The van der Waals surface area contributed by atoms with Gasteiger partial charge in [-0.05, 0) is 35.0 Å². The molecule has 0 saturated heterocycles. The lowest BCUT2D eigenvalue weighted by molar-refractivity contribution is 0.0697. The fraction of sp³-hybridized carbons (Fsp3) is 0. The van der Waals surface area contributed by atoms with Crippen LogP contribution in [0.1, 0.15) is 10.4 Å². The highest BCUT2D eigenvalue weighted by Gasteiger charge is 2.16. The number of hydrogen-bond acceptors (Lipinski definition) is 3. The summed E-state index contributed by atoms with van der Waals surface area (Å²) in [7, 11) is -4.61. The second-order valence-electron chi connectivity index (χ2n) is 3.61. The Balaban J connectivity index is 2.48. The third kappa shape index (κ3) is 2.87. The van der Waals surface area contributed by atoms with Gasteiger partial charge in [-0.2, -0.15) is 0 Å². The standard InChI is InChI=1S/C11H9O6P/c12-11(13)8-2-1-7-3-4-10(6-9(7)5-8)17-18(14,15)16/h1-6H,(H,12,13)(H2,14,15,16). The largest absolute Gasteiger partial charge is 0.524 e. The normalized spacial score (nSPS) is 11.4. The van der Waals surface area contributed by atoms with Crippen molar-refractivity contribution in [2.75, 3.05) is 0 Å². The van der Waals surface area contributed by atoms with E-state index in [1.165, 1.54) is 24.3 Å². The van der Waals surface area contributed by atoms with E-state index < -0.39 is 13.8 Å². The molecule has 18 heavy (non-hydrogen) atoms. The van der Waals surface area contributed by atoms with Gasteiger partial charge in [0.2, 0.25) is 0 Å².